The van der Waals surface area contributed by atoms with Crippen LogP contribution in [0.5, 0.6) is 0 Å². The van der Waals surface area contributed by atoms with Gasteiger partial charge in [-0.1, -0.05) is 0 Å². The molecule has 0 amide bonds. The predicted molar refractivity (Wildman–Crippen MR) is 36.6 cm³/mol. The Labute approximate surface area is 59.8 Å². The van der Waals surface area contributed by atoms with Crippen LogP contribution in [0.15, 0.2) is 22.3 Å². The van der Waals surface area contributed by atoms with Crippen molar-refractivity contribution in [1.82, 2.24) is 10.0 Å². The van der Waals surface area contributed by atoms with Gasteiger partial charge in [0, 0.05) is 13.6 Å². The highest BCUT2D eigenvalue weighted by Gasteiger charge is 2.21. The summed E-state index contributed by atoms with van der Waals surface area (Å²) in [6.07, 6.45) is 4.51. The van der Waals surface area contributed by atoms with Crippen LogP contribution in [0.4, 0.5) is 0 Å². The minimum absolute atomic E-state index is 1.01. The summed E-state index contributed by atoms with van der Waals surface area (Å²) in [6, 6.07) is 0. The van der Waals surface area contributed by atoms with Crippen molar-refractivity contribution in [2.75, 3.05) is 13.6 Å². The maximum atomic E-state index is 3.95. The normalized spacial score (nSPS) is 23.1. The van der Waals surface area contributed by atoms with Gasteiger partial charge in [0.15, 0.2) is 0 Å². The molecule has 0 aromatic carbocycles. The van der Waals surface area contributed by atoms with E-state index < -0.39 is 0 Å². The van der Waals surface area contributed by atoms with Gasteiger partial charge in [0.05, 0.1) is 0 Å². The first-order valence-electron chi connectivity index (χ1n) is 3.51. The van der Waals surface area contributed by atoms with Gasteiger partial charge in [-0.05, 0) is 29.4 Å². The third-order valence-corrected chi connectivity index (χ3v) is 1.78. The number of nitrogens with zero attached hydrogens (tertiary/aromatic N) is 4. The van der Waals surface area contributed by atoms with Gasteiger partial charge in [-0.15, -0.1) is 0 Å². The van der Waals surface area contributed by atoms with Crippen LogP contribution in [0, 0.1) is 0 Å². The molecule has 54 valence electrons. The molecule has 0 bridgehead atoms. The van der Waals surface area contributed by atoms with E-state index in [2.05, 4.69) is 16.5 Å². The lowest BCUT2D eigenvalue weighted by Gasteiger charge is -2.20. The van der Waals surface area contributed by atoms with Crippen LogP contribution in [0.1, 0.15) is 12.8 Å². The van der Waals surface area contributed by atoms with E-state index in [1.807, 2.05) is 12.1 Å². The Kier molecular flexibility index (Phi) is 1.12. The molecule has 2 heterocycles. The van der Waals surface area contributed by atoms with Crippen LogP contribution in [-0.4, -0.2) is 23.6 Å². The number of hydrogen-bond donors (Lipinski definition) is 0. The van der Waals surface area contributed by atoms with E-state index in [0.29, 0.717) is 0 Å². The monoisotopic (exact) mass is 138 g/mol. The Balaban J connectivity index is 2.25. The lowest BCUT2D eigenvalue weighted by Crippen LogP contribution is -2.23. The molecule has 2 rings (SSSR count). The molecule has 2 aliphatic rings. The summed E-state index contributed by atoms with van der Waals surface area (Å²) in [7, 11) is 1.92. The first-order chi connectivity index (χ1) is 4.88. The Bertz CT molecular complexity index is 196. The Morgan fingerprint density at radius 2 is 2.40 bits per heavy atom. The molecule has 0 aromatic heterocycles. The molecule has 0 radical (unpaired) electrons. The maximum absolute atomic E-state index is 3.95. The van der Waals surface area contributed by atoms with Crippen molar-refractivity contribution >= 4 is 0 Å². The van der Waals surface area contributed by atoms with E-state index in [1.165, 1.54) is 6.42 Å². The van der Waals surface area contributed by atoms with Crippen LogP contribution in [-0.2, 0) is 0 Å². The molecule has 0 saturated carbocycles. The number of hydrogen-bond acceptors (Lipinski definition) is 4. The fraction of sp³-hybridized carbons (Fsp3) is 0.667. The van der Waals surface area contributed by atoms with Crippen molar-refractivity contribution < 1.29 is 0 Å². The van der Waals surface area contributed by atoms with Gasteiger partial charge < -0.3 is 0 Å². The quantitative estimate of drug-likeness (QED) is 0.502. The molecule has 0 atom stereocenters. The highest BCUT2D eigenvalue weighted by atomic mass is 15.8. The molecule has 2 aliphatic heterocycles. The molecular weight excluding hydrogens is 128 g/mol. The molecule has 4 heteroatoms. The third-order valence-electron chi connectivity index (χ3n) is 1.78. The summed E-state index contributed by atoms with van der Waals surface area (Å²) in [5.41, 5.74) is 0. The van der Waals surface area contributed by atoms with E-state index in [-0.39, 0.29) is 0 Å². The van der Waals surface area contributed by atoms with Gasteiger partial charge in [0.1, 0.15) is 5.82 Å². The zero-order valence-electron chi connectivity index (χ0n) is 5.99. The lowest BCUT2D eigenvalue weighted by atomic mass is 10.2. The summed E-state index contributed by atoms with van der Waals surface area (Å²) in [5.74, 6) is 1.13. The Hall–Kier alpha value is -1.06. The standard InChI is InChI=1S/C6H10N4/c1-9-6-4-2-3-5-10(6)8-7-9/h4H,2-3,5H2,1H3. The smallest absolute Gasteiger partial charge is 0.144 e. The van der Waals surface area contributed by atoms with E-state index in [4.69, 9.17) is 0 Å². The van der Waals surface area contributed by atoms with Crippen LogP contribution in [0.2, 0.25) is 0 Å². The largest absolute Gasteiger partial charge is 0.231 e. The van der Waals surface area contributed by atoms with E-state index in [0.717, 1.165) is 18.8 Å². The summed E-state index contributed by atoms with van der Waals surface area (Å²) >= 11 is 0. The average molecular weight is 138 g/mol. The van der Waals surface area contributed by atoms with Crippen LogP contribution in [0.3, 0.4) is 0 Å². The summed E-state index contributed by atoms with van der Waals surface area (Å²) in [4.78, 5) is 0. The van der Waals surface area contributed by atoms with E-state index >= 15 is 0 Å². The fourth-order valence-corrected chi connectivity index (χ4v) is 1.24. The van der Waals surface area contributed by atoms with Gasteiger partial charge in [-0.2, -0.15) is 0 Å². The molecule has 0 N–H and O–H groups in total. The molecule has 0 unspecified atom stereocenters. The molecule has 0 aliphatic carbocycles. The van der Waals surface area contributed by atoms with Crippen LogP contribution in [0.25, 0.3) is 0 Å². The van der Waals surface area contributed by atoms with Crippen molar-refractivity contribution in [3.8, 4) is 0 Å². The zero-order chi connectivity index (χ0) is 6.97. The summed E-state index contributed by atoms with van der Waals surface area (Å²) in [6.45, 7) is 1.01. The minimum Gasteiger partial charge on any atom is -0.231 e. The minimum atomic E-state index is 1.01. The Morgan fingerprint density at radius 3 is 3.20 bits per heavy atom. The third kappa shape index (κ3) is 0.683. The van der Waals surface area contributed by atoms with Crippen molar-refractivity contribution in [1.29, 1.82) is 0 Å². The first-order valence-corrected chi connectivity index (χ1v) is 3.51. The number of rotatable bonds is 0. The highest BCUT2D eigenvalue weighted by molar-refractivity contribution is 5.02. The summed E-state index contributed by atoms with van der Waals surface area (Å²) < 4.78 is 0. The second-order valence-electron chi connectivity index (χ2n) is 2.53. The number of allylic oxidation sites excluding steroid dienone is 1. The molecule has 0 spiro atoms. The van der Waals surface area contributed by atoms with Crippen molar-refractivity contribution in [3.63, 3.8) is 0 Å². The molecular formula is C6H10N4. The van der Waals surface area contributed by atoms with Gasteiger partial charge in [0.2, 0.25) is 0 Å². The highest BCUT2D eigenvalue weighted by Crippen LogP contribution is 2.22. The second-order valence-corrected chi connectivity index (χ2v) is 2.53. The predicted octanol–water partition coefficient (Wildman–Crippen LogP) is 1.15. The van der Waals surface area contributed by atoms with Crippen LogP contribution >= 0.6 is 0 Å². The van der Waals surface area contributed by atoms with E-state index in [9.17, 15) is 0 Å². The molecule has 0 aromatic rings. The zero-order valence-corrected chi connectivity index (χ0v) is 5.99. The average Bonchev–Trinajstić information content (AvgIpc) is 2.34. The lowest BCUT2D eigenvalue weighted by molar-refractivity contribution is 0.306. The van der Waals surface area contributed by atoms with Crippen molar-refractivity contribution in [2.45, 2.75) is 12.8 Å². The van der Waals surface area contributed by atoms with Crippen molar-refractivity contribution in [3.05, 3.63) is 11.9 Å². The molecule has 4 nitrogen and oxygen atoms in total. The van der Waals surface area contributed by atoms with Crippen LogP contribution < -0.4 is 0 Å². The SMILES string of the molecule is CN1N=NN2CCCC=C12. The molecule has 0 saturated heterocycles. The molecule has 0 fully saturated rings. The van der Waals surface area contributed by atoms with Gasteiger partial charge >= 0.3 is 0 Å². The van der Waals surface area contributed by atoms with Gasteiger partial charge in [0.25, 0.3) is 0 Å². The first kappa shape index (κ1) is 5.70. The van der Waals surface area contributed by atoms with Gasteiger partial charge in [-0.25, -0.2) is 10.0 Å². The molecule has 10 heavy (non-hydrogen) atoms. The fourth-order valence-electron chi connectivity index (χ4n) is 1.24. The van der Waals surface area contributed by atoms with Gasteiger partial charge in [-0.3, -0.25) is 0 Å². The van der Waals surface area contributed by atoms with E-state index in [1.54, 1.807) is 5.01 Å². The maximum Gasteiger partial charge on any atom is 0.144 e. The topological polar surface area (TPSA) is 31.2 Å². The Morgan fingerprint density at radius 1 is 1.50 bits per heavy atom. The summed E-state index contributed by atoms with van der Waals surface area (Å²) in [5, 5.41) is 11.6. The second kappa shape index (κ2) is 1.97. The number of fused-ring (bicyclic) bond motifs is 1. The van der Waals surface area contributed by atoms with Crippen molar-refractivity contribution in [2.24, 2.45) is 10.4 Å².